The Morgan fingerprint density at radius 3 is 1.80 bits per heavy atom. The summed E-state index contributed by atoms with van der Waals surface area (Å²) in [5.74, 6) is 2.92. The van der Waals surface area contributed by atoms with Crippen LogP contribution in [0.5, 0.6) is 0 Å². The Bertz CT molecular complexity index is 333. The third-order valence-corrected chi connectivity index (χ3v) is 4.85. The molecule has 15 heavy (non-hydrogen) atoms. The summed E-state index contributed by atoms with van der Waals surface area (Å²) in [6.07, 6.45) is 12.1. The average molecular weight is 203 g/mol. The second-order valence-corrected chi connectivity index (χ2v) is 5.96. The van der Waals surface area contributed by atoms with Crippen molar-refractivity contribution in [1.82, 2.24) is 15.0 Å². The summed E-state index contributed by atoms with van der Waals surface area (Å²) < 4.78 is 0. The number of nitrogens with zero attached hydrogens (tertiary/aromatic N) is 3. The number of aromatic nitrogens is 3. The summed E-state index contributed by atoms with van der Waals surface area (Å²) in [4.78, 5) is 2.04. The zero-order valence-corrected chi connectivity index (χ0v) is 8.97. The summed E-state index contributed by atoms with van der Waals surface area (Å²) in [5, 5.41) is 8.82. The zero-order chi connectivity index (χ0) is 9.88. The minimum Gasteiger partial charge on any atom is -0.179 e. The molecule has 4 saturated carbocycles. The van der Waals surface area contributed by atoms with E-state index >= 15 is 0 Å². The third-order valence-electron chi connectivity index (χ3n) is 4.85. The van der Waals surface area contributed by atoms with Crippen molar-refractivity contribution < 1.29 is 0 Å². The first-order valence-corrected chi connectivity index (χ1v) is 6.21. The van der Waals surface area contributed by atoms with E-state index in [4.69, 9.17) is 0 Å². The van der Waals surface area contributed by atoms with Gasteiger partial charge in [-0.2, -0.15) is 15.0 Å². The van der Waals surface area contributed by atoms with Crippen LogP contribution < -0.4 is 0 Å². The maximum atomic E-state index is 4.41. The Kier molecular flexibility index (Phi) is 1.46. The molecule has 5 rings (SSSR count). The fourth-order valence-corrected chi connectivity index (χ4v) is 4.77. The molecule has 4 bridgehead atoms. The van der Waals surface area contributed by atoms with Gasteiger partial charge in [0.2, 0.25) is 0 Å². The highest BCUT2D eigenvalue weighted by molar-refractivity contribution is 5.03. The molecule has 4 fully saturated rings. The fraction of sp³-hybridized carbons (Fsp3) is 0.833. The first kappa shape index (κ1) is 8.31. The summed E-state index contributed by atoms with van der Waals surface area (Å²) in [5.41, 5.74) is 0.318. The van der Waals surface area contributed by atoms with Crippen molar-refractivity contribution >= 4 is 0 Å². The Morgan fingerprint density at radius 2 is 1.33 bits per heavy atom. The van der Waals surface area contributed by atoms with Crippen LogP contribution in [0.25, 0.3) is 0 Å². The molecule has 80 valence electrons. The van der Waals surface area contributed by atoms with Crippen molar-refractivity contribution in [2.24, 2.45) is 17.8 Å². The van der Waals surface area contributed by atoms with Gasteiger partial charge in [-0.1, -0.05) is 0 Å². The Labute approximate surface area is 89.9 Å². The van der Waals surface area contributed by atoms with Crippen molar-refractivity contribution in [3.8, 4) is 0 Å². The van der Waals surface area contributed by atoms with Gasteiger partial charge in [-0.3, -0.25) is 0 Å². The molecule has 4 aliphatic rings. The highest BCUT2D eigenvalue weighted by Gasteiger charge is 2.52. The van der Waals surface area contributed by atoms with E-state index in [1.807, 2.05) is 17.2 Å². The summed E-state index contributed by atoms with van der Waals surface area (Å²) in [7, 11) is 0. The van der Waals surface area contributed by atoms with E-state index in [2.05, 4.69) is 10.2 Å². The lowest BCUT2D eigenvalue weighted by Gasteiger charge is -2.55. The molecule has 1 aromatic rings. The van der Waals surface area contributed by atoms with Crippen molar-refractivity contribution in [2.75, 3.05) is 0 Å². The van der Waals surface area contributed by atoms with E-state index in [9.17, 15) is 0 Å². The standard InChI is InChI=1S/C12H17N3/c1-2-14-15(13-1)12-6-9-3-10(7-12)5-11(4-9)8-12/h1-2,9-11H,3-8H2. The topological polar surface area (TPSA) is 30.7 Å². The molecule has 0 aliphatic heterocycles. The number of hydrogen-bond donors (Lipinski definition) is 0. The van der Waals surface area contributed by atoms with Gasteiger partial charge in [0.1, 0.15) is 0 Å². The molecule has 0 unspecified atom stereocenters. The average Bonchev–Trinajstić information content (AvgIpc) is 2.67. The Hall–Kier alpha value is -0.860. The lowest BCUT2D eigenvalue weighted by atomic mass is 9.53. The van der Waals surface area contributed by atoms with Gasteiger partial charge in [0.05, 0.1) is 17.9 Å². The molecule has 0 spiro atoms. The molecular weight excluding hydrogens is 186 g/mol. The van der Waals surface area contributed by atoms with Crippen LogP contribution in [-0.4, -0.2) is 15.0 Å². The van der Waals surface area contributed by atoms with Gasteiger partial charge in [-0.15, -0.1) is 0 Å². The van der Waals surface area contributed by atoms with Crippen LogP contribution in [0.3, 0.4) is 0 Å². The Morgan fingerprint density at radius 1 is 0.867 bits per heavy atom. The minimum atomic E-state index is 0.318. The molecule has 1 aromatic heterocycles. The fourth-order valence-electron chi connectivity index (χ4n) is 4.77. The van der Waals surface area contributed by atoms with Crippen LogP contribution >= 0.6 is 0 Å². The maximum absolute atomic E-state index is 4.41. The van der Waals surface area contributed by atoms with Crippen molar-refractivity contribution in [2.45, 2.75) is 44.1 Å². The molecule has 3 heteroatoms. The molecule has 0 aromatic carbocycles. The quantitative estimate of drug-likeness (QED) is 0.700. The van der Waals surface area contributed by atoms with E-state index in [1.165, 1.54) is 38.5 Å². The first-order chi connectivity index (χ1) is 7.34. The largest absolute Gasteiger partial charge is 0.179 e. The van der Waals surface area contributed by atoms with Crippen molar-refractivity contribution in [3.05, 3.63) is 12.4 Å². The third kappa shape index (κ3) is 1.06. The van der Waals surface area contributed by atoms with Gasteiger partial charge < -0.3 is 0 Å². The zero-order valence-electron chi connectivity index (χ0n) is 8.97. The van der Waals surface area contributed by atoms with Crippen LogP contribution in [0.1, 0.15) is 38.5 Å². The molecule has 0 radical (unpaired) electrons. The Balaban J connectivity index is 1.77. The van der Waals surface area contributed by atoms with Gasteiger partial charge in [0.25, 0.3) is 0 Å². The van der Waals surface area contributed by atoms with E-state index in [0.717, 1.165) is 17.8 Å². The lowest BCUT2D eigenvalue weighted by molar-refractivity contribution is -0.0567. The van der Waals surface area contributed by atoms with Crippen LogP contribution in [0.15, 0.2) is 12.4 Å². The van der Waals surface area contributed by atoms with Gasteiger partial charge >= 0.3 is 0 Å². The first-order valence-electron chi connectivity index (χ1n) is 6.21. The molecular formula is C12H17N3. The normalized spacial score (nSPS) is 47.3. The number of hydrogen-bond acceptors (Lipinski definition) is 2. The number of rotatable bonds is 1. The minimum absolute atomic E-state index is 0.318. The van der Waals surface area contributed by atoms with Gasteiger partial charge in [-0.05, 0) is 56.3 Å². The van der Waals surface area contributed by atoms with E-state index in [1.54, 1.807) is 0 Å². The highest BCUT2D eigenvalue weighted by Crippen LogP contribution is 2.58. The van der Waals surface area contributed by atoms with Crippen molar-refractivity contribution in [3.63, 3.8) is 0 Å². The molecule has 0 N–H and O–H groups in total. The molecule has 0 saturated heterocycles. The lowest BCUT2D eigenvalue weighted by Crippen LogP contribution is -2.52. The molecule has 1 heterocycles. The monoisotopic (exact) mass is 203 g/mol. The van der Waals surface area contributed by atoms with Gasteiger partial charge in [0.15, 0.2) is 0 Å². The molecule has 0 amide bonds. The second-order valence-electron chi connectivity index (χ2n) is 5.96. The second kappa shape index (κ2) is 2.63. The smallest absolute Gasteiger partial charge is 0.0831 e. The van der Waals surface area contributed by atoms with E-state index in [-0.39, 0.29) is 0 Å². The summed E-state index contributed by atoms with van der Waals surface area (Å²) in [6.45, 7) is 0. The summed E-state index contributed by atoms with van der Waals surface area (Å²) in [6, 6.07) is 0. The van der Waals surface area contributed by atoms with Crippen LogP contribution in [0.2, 0.25) is 0 Å². The van der Waals surface area contributed by atoms with Crippen LogP contribution in [0, 0.1) is 17.8 Å². The highest BCUT2D eigenvalue weighted by atomic mass is 15.5. The predicted molar refractivity (Wildman–Crippen MR) is 56.2 cm³/mol. The van der Waals surface area contributed by atoms with Crippen LogP contribution in [-0.2, 0) is 5.54 Å². The SMILES string of the molecule is c1cnn(C23CC4CC(CC(C4)C2)C3)n1. The van der Waals surface area contributed by atoms with Gasteiger partial charge in [0, 0.05) is 0 Å². The molecule has 4 aliphatic carbocycles. The molecule has 0 atom stereocenters. The summed E-state index contributed by atoms with van der Waals surface area (Å²) >= 11 is 0. The van der Waals surface area contributed by atoms with E-state index < -0.39 is 0 Å². The van der Waals surface area contributed by atoms with Gasteiger partial charge in [-0.25, -0.2) is 0 Å². The van der Waals surface area contributed by atoms with Crippen molar-refractivity contribution in [1.29, 1.82) is 0 Å². The van der Waals surface area contributed by atoms with Crippen LogP contribution in [0.4, 0.5) is 0 Å². The maximum Gasteiger partial charge on any atom is 0.0831 e. The van der Waals surface area contributed by atoms with E-state index in [0.29, 0.717) is 5.54 Å². The molecule has 3 nitrogen and oxygen atoms in total. The predicted octanol–water partition coefficient (Wildman–Crippen LogP) is 2.20.